The van der Waals surface area contributed by atoms with Gasteiger partial charge in [0, 0.05) is 0 Å². The molecule has 0 aromatic carbocycles. The van der Waals surface area contributed by atoms with E-state index < -0.39 is 0 Å². The van der Waals surface area contributed by atoms with Crippen molar-refractivity contribution in [1.29, 1.82) is 0 Å². The van der Waals surface area contributed by atoms with Gasteiger partial charge >= 0.3 is 0 Å². The van der Waals surface area contributed by atoms with Crippen LogP contribution in [-0.4, -0.2) is 16.1 Å². The Morgan fingerprint density at radius 1 is 1.56 bits per heavy atom. The first-order valence-corrected chi connectivity index (χ1v) is 5.52. The Bertz CT molecular complexity index is 414. The third-order valence-corrected chi connectivity index (χ3v) is 2.32. The molecule has 0 fully saturated rings. The second-order valence-corrected chi connectivity index (χ2v) is 3.66. The monoisotopic (exact) mass is 218 g/mol. The first kappa shape index (κ1) is 12.4. The fourth-order valence-electron chi connectivity index (χ4n) is 1.47. The molecule has 0 aliphatic rings. The SMILES string of the molecule is C/C=C(\C=C/CC)Cn1nc(C)cc1C=O. The minimum absolute atomic E-state index is 0.627. The fourth-order valence-corrected chi connectivity index (χ4v) is 1.47. The van der Waals surface area contributed by atoms with Gasteiger partial charge in [0.15, 0.2) is 6.29 Å². The molecule has 0 unspecified atom stereocenters. The number of nitrogens with zero attached hydrogens (tertiary/aromatic N) is 2. The van der Waals surface area contributed by atoms with E-state index in [1.807, 2.05) is 19.9 Å². The van der Waals surface area contributed by atoms with Crippen LogP contribution in [0.5, 0.6) is 0 Å². The van der Waals surface area contributed by atoms with E-state index in [4.69, 9.17) is 0 Å². The number of aryl methyl sites for hydroxylation is 1. The van der Waals surface area contributed by atoms with Crippen molar-refractivity contribution in [2.75, 3.05) is 0 Å². The summed E-state index contributed by atoms with van der Waals surface area (Å²) in [4.78, 5) is 10.8. The van der Waals surface area contributed by atoms with Crippen LogP contribution in [0.25, 0.3) is 0 Å². The van der Waals surface area contributed by atoms with Gasteiger partial charge in [0.1, 0.15) is 5.69 Å². The van der Waals surface area contributed by atoms with Crippen molar-refractivity contribution >= 4 is 6.29 Å². The number of aromatic nitrogens is 2. The van der Waals surface area contributed by atoms with Gasteiger partial charge in [-0.3, -0.25) is 9.48 Å². The van der Waals surface area contributed by atoms with Gasteiger partial charge in [-0.25, -0.2) is 0 Å². The highest BCUT2D eigenvalue weighted by atomic mass is 16.1. The van der Waals surface area contributed by atoms with Gasteiger partial charge in [-0.2, -0.15) is 5.10 Å². The number of allylic oxidation sites excluding steroid dienone is 4. The molecule has 1 rings (SSSR count). The zero-order valence-corrected chi connectivity index (χ0v) is 10.1. The van der Waals surface area contributed by atoms with Crippen LogP contribution in [0.1, 0.15) is 36.5 Å². The van der Waals surface area contributed by atoms with Crippen LogP contribution in [0.15, 0.2) is 29.9 Å². The van der Waals surface area contributed by atoms with Crippen LogP contribution in [0.3, 0.4) is 0 Å². The fraction of sp³-hybridized carbons (Fsp3) is 0.385. The summed E-state index contributed by atoms with van der Waals surface area (Å²) >= 11 is 0. The molecule has 1 heterocycles. The zero-order chi connectivity index (χ0) is 12.0. The molecule has 0 N–H and O–H groups in total. The van der Waals surface area contributed by atoms with E-state index in [9.17, 15) is 4.79 Å². The Morgan fingerprint density at radius 2 is 2.31 bits per heavy atom. The molecular formula is C13H18N2O. The summed E-state index contributed by atoms with van der Waals surface area (Å²) in [6, 6.07) is 1.80. The van der Waals surface area contributed by atoms with Crippen LogP contribution < -0.4 is 0 Å². The van der Waals surface area contributed by atoms with Gasteiger partial charge in [-0.1, -0.05) is 25.2 Å². The van der Waals surface area contributed by atoms with E-state index in [2.05, 4.69) is 24.2 Å². The number of aldehydes is 1. The van der Waals surface area contributed by atoms with Gasteiger partial charge in [-0.15, -0.1) is 0 Å². The van der Waals surface area contributed by atoms with Crippen LogP contribution in [-0.2, 0) is 6.54 Å². The number of hydrogen-bond donors (Lipinski definition) is 0. The molecule has 86 valence electrons. The molecule has 1 aromatic heterocycles. The molecule has 16 heavy (non-hydrogen) atoms. The zero-order valence-electron chi connectivity index (χ0n) is 10.1. The van der Waals surface area contributed by atoms with Gasteiger partial charge < -0.3 is 0 Å². The van der Waals surface area contributed by atoms with Gasteiger partial charge in [-0.05, 0) is 31.9 Å². The van der Waals surface area contributed by atoms with Crippen molar-refractivity contribution in [3.63, 3.8) is 0 Å². The van der Waals surface area contributed by atoms with Crippen molar-refractivity contribution in [3.05, 3.63) is 41.3 Å². The van der Waals surface area contributed by atoms with Gasteiger partial charge in [0.25, 0.3) is 0 Å². The van der Waals surface area contributed by atoms with Crippen LogP contribution in [0.2, 0.25) is 0 Å². The maximum absolute atomic E-state index is 10.8. The molecular weight excluding hydrogens is 200 g/mol. The molecule has 1 aromatic rings. The number of carbonyl (C=O) groups excluding carboxylic acids is 1. The lowest BCUT2D eigenvalue weighted by atomic mass is 10.2. The van der Waals surface area contributed by atoms with Crippen molar-refractivity contribution in [2.24, 2.45) is 0 Å². The van der Waals surface area contributed by atoms with E-state index in [-0.39, 0.29) is 0 Å². The molecule has 0 aliphatic carbocycles. The topological polar surface area (TPSA) is 34.9 Å². The van der Waals surface area contributed by atoms with E-state index >= 15 is 0 Å². The van der Waals surface area contributed by atoms with Crippen molar-refractivity contribution in [2.45, 2.75) is 33.7 Å². The summed E-state index contributed by atoms with van der Waals surface area (Å²) in [6.07, 6.45) is 8.07. The van der Waals surface area contributed by atoms with Crippen LogP contribution >= 0.6 is 0 Å². The summed E-state index contributed by atoms with van der Waals surface area (Å²) in [7, 11) is 0. The summed E-state index contributed by atoms with van der Waals surface area (Å²) < 4.78 is 1.73. The summed E-state index contributed by atoms with van der Waals surface area (Å²) in [5.41, 5.74) is 2.66. The summed E-state index contributed by atoms with van der Waals surface area (Å²) in [6.45, 7) is 6.63. The molecule has 0 saturated heterocycles. The van der Waals surface area contributed by atoms with E-state index in [0.29, 0.717) is 12.2 Å². The predicted octanol–water partition coefficient (Wildman–Crippen LogP) is 2.92. The second-order valence-electron chi connectivity index (χ2n) is 3.66. The van der Waals surface area contributed by atoms with E-state index in [1.165, 1.54) is 0 Å². The molecule has 0 amide bonds. The van der Waals surface area contributed by atoms with Crippen molar-refractivity contribution < 1.29 is 4.79 Å². The lowest BCUT2D eigenvalue weighted by Gasteiger charge is -2.04. The van der Waals surface area contributed by atoms with Gasteiger partial charge in [0.2, 0.25) is 0 Å². The predicted molar refractivity (Wildman–Crippen MR) is 65.5 cm³/mol. The van der Waals surface area contributed by atoms with Crippen LogP contribution in [0.4, 0.5) is 0 Å². The molecule has 0 spiro atoms. The second kappa shape index (κ2) is 6.05. The number of carbonyl (C=O) groups is 1. The quantitative estimate of drug-likeness (QED) is 0.562. The third kappa shape index (κ3) is 3.19. The highest BCUT2D eigenvalue weighted by Gasteiger charge is 2.04. The Labute approximate surface area is 96.5 Å². The minimum Gasteiger partial charge on any atom is -0.296 e. The lowest BCUT2D eigenvalue weighted by Crippen LogP contribution is -2.05. The smallest absolute Gasteiger partial charge is 0.168 e. The Hall–Kier alpha value is -1.64. The minimum atomic E-state index is 0.627. The maximum Gasteiger partial charge on any atom is 0.168 e. The van der Waals surface area contributed by atoms with Crippen molar-refractivity contribution in [3.8, 4) is 0 Å². The maximum atomic E-state index is 10.8. The summed E-state index contributed by atoms with van der Waals surface area (Å²) in [5, 5.41) is 4.29. The molecule has 3 nitrogen and oxygen atoms in total. The number of hydrogen-bond acceptors (Lipinski definition) is 2. The Balaban J connectivity index is 2.85. The highest BCUT2D eigenvalue weighted by molar-refractivity contribution is 5.72. The van der Waals surface area contributed by atoms with Crippen LogP contribution in [0, 0.1) is 6.92 Å². The first-order chi connectivity index (χ1) is 7.71. The molecule has 3 heteroatoms. The first-order valence-electron chi connectivity index (χ1n) is 5.52. The third-order valence-electron chi connectivity index (χ3n) is 2.32. The molecule has 0 saturated carbocycles. The highest BCUT2D eigenvalue weighted by Crippen LogP contribution is 2.07. The molecule has 0 radical (unpaired) electrons. The van der Waals surface area contributed by atoms with Gasteiger partial charge in [0.05, 0.1) is 12.2 Å². The average molecular weight is 218 g/mol. The Kier molecular flexibility index (Phi) is 4.70. The van der Waals surface area contributed by atoms with E-state index in [0.717, 1.165) is 24.0 Å². The summed E-state index contributed by atoms with van der Waals surface area (Å²) in [5.74, 6) is 0. The lowest BCUT2D eigenvalue weighted by molar-refractivity contribution is 0.111. The molecule has 0 atom stereocenters. The van der Waals surface area contributed by atoms with Crippen molar-refractivity contribution in [1.82, 2.24) is 9.78 Å². The molecule has 0 aliphatic heterocycles. The molecule has 0 bridgehead atoms. The Morgan fingerprint density at radius 3 is 2.88 bits per heavy atom. The standard InChI is InChI=1S/C13H18N2O/c1-4-6-7-12(5-2)9-15-13(10-16)8-11(3)14-15/h5-8,10H,4,9H2,1-3H3/b7-6-,12-5+. The average Bonchev–Trinajstić information content (AvgIpc) is 2.64. The largest absolute Gasteiger partial charge is 0.296 e. The number of rotatable bonds is 5. The normalized spacial score (nSPS) is 12.3. The van der Waals surface area contributed by atoms with E-state index in [1.54, 1.807) is 10.7 Å².